The Labute approximate surface area is 92.1 Å². The Morgan fingerprint density at radius 3 is 2.38 bits per heavy atom. The van der Waals surface area contributed by atoms with E-state index in [9.17, 15) is 14.4 Å². The molecule has 0 radical (unpaired) electrons. The number of carboxylic acid groups (broad SMARTS) is 1. The molecule has 0 heterocycles. The van der Waals surface area contributed by atoms with Crippen LogP contribution < -0.4 is 5.32 Å². The second kappa shape index (κ2) is 4.57. The fourth-order valence-electron chi connectivity index (χ4n) is 1.23. The smallest absolute Gasteiger partial charge is 0.394 e. The fraction of sp³-hybridized carbons (Fsp3) is 0.182. The molecule has 0 atom stereocenters. The number of benzene rings is 1. The lowest BCUT2D eigenvalue weighted by molar-refractivity contribution is -0.147. The molecule has 5 heteroatoms. The van der Waals surface area contributed by atoms with Gasteiger partial charge in [-0.3, -0.25) is 9.59 Å². The highest BCUT2D eigenvalue weighted by molar-refractivity contribution is 6.36. The number of nitrogens with one attached hydrogen (secondary N) is 1. The molecule has 1 aromatic rings. The standard InChI is InChI=1S/C11H11NO4/c1-6-3-4-9(8(5-6)7(2)13)12-10(14)11(15)16/h3-5H,1-2H3,(H,12,14)(H,15,16). The lowest BCUT2D eigenvalue weighted by Gasteiger charge is -2.07. The number of aryl methyl sites for hydroxylation is 1. The molecule has 16 heavy (non-hydrogen) atoms. The van der Waals surface area contributed by atoms with Gasteiger partial charge in [-0.25, -0.2) is 4.79 Å². The predicted octanol–water partition coefficient (Wildman–Crippen LogP) is 1.22. The number of ketones is 1. The lowest BCUT2D eigenvalue weighted by Crippen LogP contribution is -2.23. The minimum absolute atomic E-state index is 0.213. The Bertz CT molecular complexity index is 465. The van der Waals surface area contributed by atoms with E-state index >= 15 is 0 Å². The van der Waals surface area contributed by atoms with Crippen molar-refractivity contribution in [2.45, 2.75) is 13.8 Å². The molecule has 0 aromatic heterocycles. The molecule has 0 aliphatic heterocycles. The zero-order valence-electron chi connectivity index (χ0n) is 8.90. The molecule has 0 spiro atoms. The maximum atomic E-state index is 11.3. The molecule has 0 saturated heterocycles. The van der Waals surface area contributed by atoms with Crippen LogP contribution in [0.4, 0.5) is 5.69 Å². The van der Waals surface area contributed by atoms with Crippen molar-refractivity contribution in [3.05, 3.63) is 29.3 Å². The van der Waals surface area contributed by atoms with Crippen LogP contribution in [-0.2, 0) is 9.59 Å². The van der Waals surface area contributed by atoms with Crippen LogP contribution in [0, 0.1) is 6.92 Å². The number of carbonyl (C=O) groups is 3. The third kappa shape index (κ3) is 2.66. The summed E-state index contributed by atoms with van der Waals surface area (Å²) in [6, 6.07) is 4.79. The first kappa shape index (κ1) is 11.9. The van der Waals surface area contributed by atoms with Crippen molar-refractivity contribution in [2.75, 3.05) is 5.32 Å². The number of hydrogen-bond donors (Lipinski definition) is 2. The SMILES string of the molecule is CC(=O)c1cc(C)ccc1NC(=O)C(=O)O. The molecule has 0 unspecified atom stereocenters. The maximum Gasteiger partial charge on any atom is 0.394 e. The van der Waals surface area contributed by atoms with Gasteiger partial charge in [0.2, 0.25) is 0 Å². The Morgan fingerprint density at radius 1 is 1.25 bits per heavy atom. The van der Waals surface area contributed by atoms with Gasteiger partial charge in [-0.2, -0.15) is 0 Å². The summed E-state index contributed by atoms with van der Waals surface area (Å²) in [6.07, 6.45) is 0. The zero-order chi connectivity index (χ0) is 12.3. The van der Waals surface area contributed by atoms with E-state index < -0.39 is 11.9 Å². The van der Waals surface area contributed by atoms with Crippen LogP contribution >= 0.6 is 0 Å². The Hall–Kier alpha value is -2.17. The van der Waals surface area contributed by atoms with E-state index in [1.807, 2.05) is 0 Å². The van der Waals surface area contributed by atoms with Crippen LogP contribution in [0.5, 0.6) is 0 Å². The summed E-state index contributed by atoms with van der Waals surface area (Å²) < 4.78 is 0. The second-order valence-electron chi connectivity index (χ2n) is 3.36. The van der Waals surface area contributed by atoms with Gasteiger partial charge in [-0.05, 0) is 26.0 Å². The Balaban J connectivity index is 3.09. The molecule has 0 aliphatic rings. The summed E-state index contributed by atoms with van der Waals surface area (Å²) >= 11 is 0. The fourth-order valence-corrected chi connectivity index (χ4v) is 1.23. The number of rotatable bonds is 2. The number of aliphatic carboxylic acids is 1. The van der Waals surface area contributed by atoms with E-state index in [0.717, 1.165) is 5.56 Å². The van der Waals surface area contributed by atoms with E-state index in [0.29, 0.717) is 5.56 Å². The maximum absolute atomic E-state index is 11.3. The van der Waals surface area contributed by atoms with E-state index in [4.69, 9.17) is 5.11 Å². The van der Waals surface area contributed by atoms with Gasteiger partial charge >= 0.3 is 11.9 Å². The third-order valence-electron chi connectivity index (χ3n) is 2.00. The van der Waals surface area contributed by atoms with Crippen LogP contribution in [-0.4, -0.2) is 22.8 Å². The highest BCUT2D eigenvalue weighted by Crippen LogP contribution is 2.17. The molecule has 5 nitrogen and oxygen atoms in total. The molecule has 0 fully saturated rings. The molecule has 1 rings (SSSR count). The third-order valence-corrected chi connectivity index (χ3v) is 2.00. The number of anilines is 1. The normalized spacial score (nSPS) is 9.62. The number of carbonyl (C=O) groups excluding carboxylic acids is 2. The average molecular weight is 221 g/mol. The highest BCUT2D eigenvalue weighted by Gasteiger charge is 2.15. The van der Waals surface area contributed by atoms with Gasteiger partial charge < -0.3 is 10.4 Å². The summed E-state index contributed by atoms with van der Waals surface area (Å²) in [5.41, 5.74) is 1.37. The van der Waals surface area contributed by atoms with Crippen molar-refractivity contribution in [2.24, 2.45) is 0 Å². The number of carboxylic acids is 1. The van der Waals surface area contributed by atoms with Crippen LogP contribution in [0.15, 0.2) is 18.2 Å². The summed E-state index contributed by atoms with van der Waals surface area (Å²) in [6.45, 7) is 3.15. The van der Waals surface area contributed by atoms with Gasteiger partial charge in [0.15, 0.2) is 5.78 Å². The van der Waals surface area contributed by atoms with Gasteiger partial charge in [0.1, 0.15) is 0 Å². The number of Topliss-reactive ketones (excluding diaryl/α,β-unsaturated/α-hetero) is 1. The summed E-state index contributed by atoms with van der Waals surface area (Å²) in [5, 5.41) is 10.6. The van der Waals surface area contributed by atoms with Crippen molar-refractivity contribution in [3.8, 4) is 0 Å². The van der Waals surface area contributed by atoms with Crippen molar-refractivity contribution in [3.63, 3.8) is 0 Å². The molecule has 1 amide bonds. The van der Waals surface area contributed by atoms with Crippen LogP contribution in [0.3, 0.4) is 0 Å². The first-order valence-electron chi connectivity index (χ1n) is 4.57. The average Bonchev–Trinajstić information content (AvgIpc) is 2.20. The second-order valence-corrected chi connectivity index (χ2v) is 3.36. The monoisotopic (exact) mass is 221 g/mol. The molecule has 0 bridgehead atoms. The van der Waals surface area contributed by atoms with Gasteiger partial charge in [-0.15, -0.1) is 0 Å². The molecule has 0 saturated carbocycles. The molecule has 0 aliphatic carbocycles. The van der Waals surface area contributed by atoms with E-state index in [2.05, 4.69) is 5.32 Å². The van der Waals surface area contributed by atoms with Gasteiger partial charge in [0.05, 0.1) is 5.69 Å². The first-order chi connectivity index (χ1) is 7.41. The van der Waals surface area contributed by atoms with Crippen LogP contribution in [0.2, 0.25) is 0 Å². The Kier molecular flexibility index (Phi) is 3.40. The van der Waals surface area contributed by atoms with Gasteiger partial charge in [0.25, 0.3) is 0 Å². The van der Waals surface area contributed by atoms with Crippen molar-refractivity contribution in [1.82, 2.24) is 0 Å². The van der Waals surface area contributed by atoms with E-state index in [1.165, 1.54) is 13.0 Å². The van der Waals surface area contributed by atoms with E-state index in [1.54, 1.807) is 19.1 Å². The highest BCUT2D eigenvalue weighted by atomic mass is 16.4. The summed E-state index contributed by atoms with van der Waals surface area (Å²) in [4.78, 5) is 32.6. The van der Waals surface area contributed by atoms with Crippen LogP contribution in [0.1, 0.15) is 22.8 Å². The topological polar surface area (TPSA) is 83.5 Å². The molecule has 2 N–H and O–H groups in total. The lowest BCUT2D eigenvalue weighted by atomic mass is 10.1. The zero-order valence-corrected chi connectivity index (χ0v) is 8.90. The quantitative estimate of drug-likeness (QED) is 0.581. The predicted molar refractivity (Wildman–Crippen MR) is 57.4 cm³/mol. The van der Waals surface area contributed by atoms with E-state index in [-0.39, 0.29) is 11.5 Å². The summed E-state index contributed by atoms with van der Waals surface area (Å²) in [5.74, 6) is -2.98. The first-order valence-corrected chi connectivity index (χ1v) is 4.57. The molecule has 84 valence electrons. The molecule has 1 aromatic carbocycles. The largest absolute Gasteiger partial charge is 0.474 e. The summed E-state index contributed by atoms with van der Waals surface area (Å²) in [7, 11) is 0. The van der Waals surface area contributed by atoms with Crippen LogP contribution in [0.25, 0.3) is 0 Å². The van der Waals surface area contributed by atoms with Gasteiger partial charge in [0, 0.05) is 5.56 Å². The Morgan fingerprint density at radius 2 is 1.88 bits per heavy atom. The van der Waals surface area contributed by atoms with Gasteiger partial charge in [-0.1, -0.05) is 11.6 Å². The number of hydrogen-bond acceptors (Lipinski definition) is 3. The molecular weight excluding hydrogens is 210 g/mol. The molecular formula is C11H11NO4. The van der Waals surface area contributed by atoms with Crippen molar-refractivity contribution >= 4 is 23.3 Å². The minimum atomic E-state index is -1.59. The number of amides is 1. The minimum Gasteiger partial charge on any atom is -0.474 e. The van der Waals surface area contributed by atoms with Crippen molar-refractivity contribution in [1.29, 1.82) is 0 Å². The van der Waals surface area contributed by atoms with Crippen molar-refractivity contribution < 1.29 is 19.5 Å².